The maximum absolute atomic E-state index is 14.6. The van der Waals surface area contributed by atoms with E-state index in [0.29, 0.717) is 30.2 Å². The fourth-order valence-corrected chi connectivity index (χ4v) is 3.57. The number of hydrogen-bond donors (Lipinski definition) is 1. The number of ether oxygens (including phenoxy) is 2. The highest BCUT2D eigenvalue weighted by molar-refractivity contribution is 5.94. The third-order valence-corrected chi connectivity index (χ3v) is 5.09. The van der Waals surface area contributed by atoms with Gasteiger partial charge in [0.1, 0.15) is 23.0 Å². The number of benzene rings is 2. The van der Waals surface area contributed by atoms with Gasteiger partial charge >= 0.3 is 0 Å². The van der Waals surface area contributed by atoms with E-state index < -0.39 is 0 Å². The van der Waals surface area contributed by atoms with E-state index in [1.807, 2.05) is 30.3 Å². The van der Waals surface area contributed by atoms with Crippen molar-refractivity contribution in [3.63, 3.8) is 0 Å². The Morgan fingerprint density at radius 3 is 2.59 bits per heavy atom. The molecule has 0 fully saturated rings. The number of pyridine rings is 1. The molecule has 0 aliphatic carbocycles. The summed E-state index contributed by atoms with van der Waals surface area (Å²) in [7, 11) is 0. The third-order valence-electron chi connectivity index (χ3n) is 5.09. The van der Waals surface area contributed by atoms with Crippen LogP contribution in [0.1, 0.15) is 19.3 Å². The summed E-state index contributed by atoms with van der Waals surface area (Å²) in [5.74, 6) is 1.12. The molecule has 2 aromatic carbocycles. The Bertz CT molecular complexity index is 1170. The molecule has 0 spiro atoms. The maximum atomic E-state index is 14.6. The summed E-state index contributed by atoms with van der Waals surface area (Å²) in [5, 5.41) is 8.35. The van der Waals surface area contributed by atoms with Gasteiger partial charge in [0.2, 0.25) is 0 Å². The normalized spacial score (nSPS) is 14.2. The predicted octanol–water partition coefficient (Wildman–Crippen LogP) is 5.37. The summed E-state index contributed by atoms with van der Waals surface area (Å²) >= 11 is 0. The van der Waals surface area contributed by atoms with E-state index in [1.165, 1.54) is 6.07 Å². The van der Waals surface area contributed by atoms with E-state index in [2.05, 4.69) is 15.2 Å². The van der Waals surface area contributed by atoms with Gasteiger partial charge in [0, 0.05) is 16.5 Å². The molecule has 5 nitrogen and oxygen atoms in total. The molecule has 0 amide bonds. The highest BCUT2D eigenvalue weighted by Gasteiger charge is 2.14. The average molecular weight is 389 g/mol. The third kappa shape index (κ3) is 3.53. The summed E-state index contributed by atoms with van der Waals surface area (Å²) in [6.07, 6.45) is 4.54. The summed E-state index contributed by atoms with van der Waals surface area (Å²) < 4.78 is 26.3. The van der Waals surface area contributed by atoms with Gasteiger partial charge in [-0.2, -0.15) is 5.10 Å². The molecule has 0 saturated heterocycles. The van der Waals surface area contributed by atoms with Crippen LogP contribution in [0.2, 0.25) is 0 Å². The molecule has 4 aromatic rings. The smallest absolute Gasteiger partial charge is 0.132 e. The second kappa shape index (κ2) is 7.54. The Hall–Kier alpha value is -3.41. The lowest BCUT2D eigenvalue weighted by atomic mass is 10.0. The second-order valence-electron chi connectivity index (χ2n) is 7.11. The van der Waals surface area contributed by atoms with E-state index in [1.54, 1.807) is 18.3 Å². The summed E-state index contributed by atoms with van der Waals surface area (Å²) in [6, 6.07) is 14.5. The number of rotatable bonds is 0. The Labute approximate surface area is 167 Å². The van der Waals surface area contributed by atoms with E-state index in [9.17, 15) is 4.39 Å². The van der Waals surface area contributed by atoms with Crippen LogP contribution < -0.4 is 9.47 Å². The van der Waals surface area contributed by atoms with Crippen LogP contribution in [-0.2, 0) is 0 Å². The lowest BCUT2D eigenvalue weighted by Gasteiger charge is -2.09. The van der Waals surface area contributed by atoms with Gasteiger partial charge in [0.25, 0.3) is 0 Å². The Morgan fingerprint density at radius 2 is 1.72 bits per heavy atom. The molecule has 146 valence electrons. The van der Waals surface area contributed by atoms with Gasteiger partial charge < -0.3 is 9.47 Å². The Morgan fingerprint density at radius 1 is 0.897 bits per heavy atom. The highest BCUT2D eigenvalue weighted by Crippen LogP contribution is 2.33. The number of nitrogens with one attached hydrogen (secondary N) is 1. The van der Waals surface area contributed by atoms with Crippen LogP contribution in [0.5, 0.6) is 11.5 Å². The molecule has 0 saturated carbocycles. The molecule has 3 heterocycles. The number of aromatic amines is 1. The first-order valence-corrected chi connectivity index (χ1v) is 9.78. The highest BCUT2D eigenvalue weighted by atomic mass is 19.1. The van der Waals surface area contributed by atoms with Crippen LogP contribution in [0.15, 0.2) is 54.7 Å². The first-order chi connectivity index (χ1) is 14.3. The average Bonchev–Trinajstić information content (AvgIpc) is 3.17. The number of hydrogen-bond acceptors (Lipinski definition) is 4. The zero-order chi connectivity index (χ0) is 19.6. The van der Waals surface area contributed by atoms with E-state index in [-0.39, 0.29) is 5.82 Å². The molecule has 0 unspecified atom stereocenters. The molecular formula is C23H20FN3O2. The van der Waals surface area contributed by atoms with Crippen LogP contribution in [0.3, 0.4) is 0 Å². The minimum atomic E-state index is -0.331. The summed E-state index contributed by atoms with van der Waals surface area (Å²) in [5.41, 5.74) is 3.47. The van der Waals surface area contributed by atoms with Crippen LogP contribution in [-0.4, -0.2) is 28.4 Å². The fourth-order valence-electron chi connectivity index (χ4n) is 3.57. The van der Waals surface area contributed by atoms with Crippen molar-refractivity contribution in [1.29, 1.82) is 0 Å². The summed E-state index contributed by atoms with van der Waals surface area (Å²) in [6.45, 7) is 1.23. The minimum absolute atomic E-state index is 0.331. The monoisotopic (exact) mass is 389 g/mol. The van der Waals surface area contributed by atoms with E-state index in [4.69, 9.17) is 9.47 Å². The largest absolute Gasteiger partial charge is 0.494 e. The second-order valence-corrected chi connectivity index (χ2v) is 7.11. The van der Waals surface area contributed by atoms with Crippen molar-refractivity contribution in [2.45, 2.75) is 19.3 Å². The molecule has 29 heavy (non-hydrogen) atoms. The number of H-pyrrole nitrogens is 1. The molecule has 6 heteroatoms. The van der Waals surface area contributed by atoms with Gasteiger partial charge in [0.15, 0.2) is 0 Å². The molecule has 1 aliphatic heterocycles. The molecule has 2 aromatic heterocycles. The van der Waals surface area contributed by atoms with Crippen molar-refractivity contribution >= 4 is 10.9 Å². The van der Waals surface area contributed by atoms with Crippen molar-refractivity contribution in [1.82, 2.24) is 15.2 Å². The van der Waals surface area contributed by atoms with E-state index in [0.717, 1.165) is 47.2 Å². The van der Waals surface area contributed by atoms with Gasteiger partial charge in [-0.25, -0.2) is 4.39 Å². The van der Waals surface area contributed by atoms with Crippen LogP contribution in [0.25, 0.3) is 33.4 Å². The summed E-state index contributed by atoms with van der Waals surface area (Å²) in [4.78, 5) is 4.43. The zero-order valence-corrected chi connectivity index (χ0v) is 15.8. The van der Waals surface area contributed by atoms with Gasteiger partial charge in [-0.1, -0.05) is 12.1 Å². The van der Waals surface area contributed by atoms with Gasteiger partial charge in [0.05, 0.1) is 30.6 Å². The molecule has 1 aliphatic rings. The van der Waals surface area contributed by atoms with Crippen molar-refractivity contribution in [3.05, 3.63) is 60.5 Å². The SMILES string of the molecule is Fc1ccc2cc1-c1cc3c(n[nH]c3cn1)-c1cccc(c1)OCCCCCO2. The molecule has 0 radical (unpaired) electrons. The Kier molecular flexibility index (Phi) is 4.60. The number of halogens is 1. The predicted molar refractivity (Wildman–Crippen MR) is 110 cm³/mol. The maximum Gasteiger partial charge on any atom is 0.132 e. The van der Waals surface area contributed by atoms with Crippen molar-refractivity contribution in [2.24, 2.45) is 0 Å². The van der Waals surface area contributed by atoms with Crippen LogP contribution >= 0.6 is 0 Å². The van der Waals surface area contributed by atoms with Crippen LogP contribution in [0.4, 0.5) is 4.39 Å². The van der Waals surface area contributed by atoms with Crippen molar-refractivity contribution in [3.8, 4) is 34.0 Å². The lowest BCUT2D eigenvalue weighted by Crippen LogP contribution is -2.01. The number of aromatic nitrogens is 3. The zero-order valence-electron chi connectivity index (χ0n) is 15.8. The number of nitrogens with zero attached hydrogens (tertiary/aromatic N) is 2. The van der Waals surface area contributed by atoms with Gasteiger partial charge in [-0.15, -0.1) is 0 Å². The number of fused-ring (bicyclic) bond motifs is 7. The molecule has 5 rings (SSSR count). The van der Waals surface area contributed by atoms with Gasteiger partial charge in [-0.05, 0) is 55.7 Å². The Balaban J connectivity index is 1.66. The van der Waals surface area contributed by atoms with Crippen molar-refractivity contribution < 1.29 is 13.9 Å². The lowest BCUT2D eigenvalue weighted by molar-refractivity contribution is 0.279. The molecule has 1 N–H and O–H groups in total. The first-order valence-electron chi connectivity index (χ1n) is 9.78. The first kappa shape index (κ1) is 17.7. The fraction of sp³-hybridized carbons (Fsp3) is 0.217. The van der Waals surface area contributed by atoms with Crippen molar-refractivity contribution in [2.75, 3.05) is 13.2 Å². The molecule has 6 bridgehead atoms. The minimum Gasteiger partial charge on any atom is -0.494 e. The van der Waals surface area contributed by atoms with E-state index >= 15 is 0 Å². The topological polar surface area (TPSA) is 60.0 Å². The standard InChI is InChI=1S/C23H20FN3O2/c24-20-8-7-17-12-18(20)21-13-19-22(14-25-21)26-27-23(19)15-5-4-6-16(11-15)28-9-2-1-3-10-29-17/h4-8,11-14H,1-3,9-10H2,(H,26,27). The molecule has 0 atom stereocenters. The van der Waals surface area contributed by atoms with Gasteiger partial charge in [-0.3, -0.25) is 10.1 Å². The quantitative estimate of drug-likeness (QED) is 0.439. The van der Waals surface area contributed by atoms with Crippen LogP contribution in [0, 0.1) is 5.82 Å². The molecular weight excluding hydrogens is 369 g/mol.